The van der Waals surface area contributed by atoms with Gasteiger partial charge in [0.1, 0.15) is 0 Å². The first kappa shape index (κ1) is 17.2. The molecule has 2 aromatic rings. The quantitative estimate of drug-likeness (QED) is 0.781. The highest BCUT2D eigenvalue weighted by molar-refractivity contribution is 5.73. The molecule has 0 aromatic carbocycles. The monoisotopic (exact) mass is 347 g/mol. The van der Waals surface area contributed by atoms with Crippen molar-refractivity contribution < 1.29 is 18.8 Å². The van der Waals surface area contributed by atoms with E-state index < -0.39 is 0 Å². The minimum absolute atomic E-state index is 0.105. The summed E-state index contributed by atoms with van der Waals surface area (Å²) in [4.78, 5) is 20.2. The second kappa shape index (κ2) is 8.43. The topological polar surface area (TPSA) is 111 Å². The van der Waals surface area contributed by atoms with E-state index in [0.717, 1.165) is 19.4 Å². The van der Waals surface area contributed by atoms with Gasteiger partial charge in [0.05, 0.1) is 19.3 Å². The van der Waals surface area contributed by atoms with Crippen molar-refractivity contribution in [3.63, 3.8) is 0 Å². The summed E-state index contributed by atoms with van der Waals surface area (Å²) in [6.45, 7) is 3.86. The Morgan fingerprint density at radius 3 is 3.04 bits per heavy atom. The molecule has 1 atom stereocenters. The van der Waals surface area contributed by atoms with Crippen LogP contribution >= 0.6 is 0 Å². The molecule has 25 heavy (non-hydrogen) atoms. The first-order valence-electron chi connectivity index (χ1n) is 8.29. The average Bonchev–Trinajstić information content (AvgIpc) is 3.31. The summed E-state index contributed by atoms with van der Waals surface area (Å²) < 4.78 is 15.9. The summed E-state index contributed by atoms with van der Waals surface area (Å²) >= 11 is 0. The van der Waals surface area contributed by atoms with Crippen LogP contribution < -0.4 is 15.4 Å². The van der Waals surface area contributed by atoms with Crippen molar-refractivity contribution in [3.05, 3.63) is 24.2 Å². The number of hydrogen-bond acceptors (Lipinski definition) is 7. The zero-order valence-corrected chi connectivity index (χ0v) is 14.0. The lowest BCUT2D eigenvalue weighted by atomic mass is 10.2. The largest absolute Gasteiger partial charge is 0.478 e. The number of carbonyl (C=O) groups excluding carboxylic acids is 1. The van der Waals surface area contributed by atoms with Crippen LogP contribution in [0, 0.1) is 0 Å². The highest BCUT2D eigenvalue weighted by atomic mass is 16.5. The molecule has 0 unspecified atom stereocenters. The van der Waals surface area contributed by atoms with Crippen molar-refractivity contribution in [3.8, 4) is 17.3 Å². The molecule has 2 aromatic heterocycles. The summed E-state index contributed by atoms with van der Waals surface area (Å²) in [7, 11) is 0. The molecule has 2 N–H and O–H groups in total. The van der Waals surface area contributed by atoms with E-state index in [2.05, 4.69) is 25.8 Å². The van der Waals surface area contributed by atoms with Crippen molar-refractivity contribution in [2.45, 2.75) is 32.4 Å². The van der Waals surface area contributed by atoms with E-state index in [0.29, 0.717) is 36.3 Å². The molecule has 1 saturated heterocycles. The molecule has 3 rings (SSSR count). The Morgan fingerprint density at radius 1 is 1.40 bits per heavy atom. The van der Waals surface area contributed by atoms with Gasteiger partial charge >= 0.3 is 6.03 Å². The zero-order chi connectivity index (χ0) is 17.5. The van der Waals surface area contributed by atoms with Gasteiger partial charge in [-0.25, -0.2) is 9.78 Å². The van der Waals surface area contributed by atoms with E-state index in [4.69, 9.17) is 14.0 Å². The van der Waals surface area contributed by atoms with Gasteiger partial charge in [-0.15, -0.1) is 0 Å². The molecule has 9 nitrogen and oxygen atoms in total. The fourth-order valence-corrected chi connectivity index (χ4v) is 2.42. The summed E-state index contributed by atoms with van der Waals surface area (Å²) in [5.74, 6) is 1.27. The van der Waals surface area contributed by atoms with E-state index in [1.54, 1.807) is 18.3 Å². The number of urea groups is 1. The predicted molar refractivity (Wildman–Crippen MR) is 87.9 cm³/mol. The Labute approximate surface area is 145 Å². The van der Waals surface area contributed by atoms with Crippen molar-refractivity contribution >= 4 is 6.03 Å². The number of pyridine rings is 1. The van der Waals surface area contributed by atoms with Crippen molar-refractivity contribution in [2.75, 3.05) is 19.8 Å². The van der Waals surface area contributed by atoms with Crippen LogP contribution in [0.25, 0.3) is 11.4 Å². The number of ether oxygens (including phenoxy) is 2. The summed E-state index contributed by atoms with van der Waals surface area (Å²) in [5, 5.41) is 9.33. The van der Waals surface area contributed by atoms with Crippen LogP contribution in [0.4, 0.5) is 4.79 Å². The maximum absolute atomic E-state index is 11.8. The molecule has 0 saturated carbocycles. The van der Waals surface area contributed by atoms with Crippen LogP contribution in [0.3, 0.4) is 0 Å². The van der Waals surface area contributed by atoms with Gasteiger partial charge in [0.2, 0.25) is 17.6 Å². The predicted octanol–water partition coefficient (Wildman–Crippen LogP) is 1.51. The molecule has 1 aliphatic rings. The van der Waals surface area contributed by atoms with Crippen molar-refractivity contribution in [2.24, 2.45) is 0 Å². The lowest BCUT2D eigenvalue weighted by molar-refractivity contribution is 0.111. The van der Waals surface area contributed by atoms with Crippen LogP contribution in [0.15, 0.2) is 22.9 Å². The maximum Gasteiger partial charge on any atom is 0.315 e. The van der Waals surface area contributed by atoms with Gasteiger partial charge in [0.15, 0.2) is 0 Å². The van der Waals surface area contributed by atoms with Gasteiger partial charge in [-0.1, -0.05) is 5.16 Å². The SMILES string of the molecule is CCOc1ccc(-c2noc(CNC(=O)NC[C@H]3CCCO3)n2)cn1. The fourth-order valence-electron chi connectivity index (χ4n) is 2.42. The van der Waals surface area contributed by atoms with Gasteiger partial charge in [-0.2, -0.15) is 4.98 Å². The molecule has 2 amide bonds. The highest BCUT2D eigenvalue weighted by Crippen LogP contribution is 2.17. The van der Waals surface area contributed by atoms with E-state index >= 15 is 0 Å². The Kier molecular flexibility index (Phi) is 5.78. The van der Waals surface area contributed by atoms with Crippen LogP contribution in [-0.4, -0.2) is 47.0 Å². The number of nitrogens with zero attached hydrogens (tertiary/aromatic N) is 3. The first-order chi connectivity index (χ1) is 12.2. The second-order valence-corrected chi connectivity index (χ2v) is 5.53. The minimum Gasteiger partial charge on any atom is -0.478 e. The van der Waals surface area contributed by atoms with Gasteiger partial charge in [0.25, 0.3) is 0 Å². The normalized spacial score (nSPS) is 16.6. The summed E-state index contributed by atoms with van der Waals surface area (Å²) in [6, 6.07) is 3.25. The van der Waals surface area contributed by atoms with Crippen LogP contribution in [0.5, 0.6) is 5.88 Å². The second-order valence-electron chi connectivity index (χ2n) is 5.53. The molecule has 0 radical (unpaired) electrons. The van der Waals surface area contributed by atoms with E-state index in [9.17, 15) is 4.79 Å². The Bertz CT molecular complexity index is 682. The summed E-state index contributed by atoms with van der Waals surface area (Å²) in [5.41, 5.74) is 0.710. The van der Waals surface area contributed by atoms with Crippen molar-refractivity contribution in [1.29, 1.82) is 0 Å². The molecular weight excluding hydrogens is 326 g/mol. The number of carbonyl (C=O) groups is 1. The van der Waals surface area contributed by atoms with Crippen LogP contribution in [0.1, 0.15) is 25.7 Å². The third-order valence-corrected chi connectivity index (χ3v) is 3.67. The molecule has 3 heterocycles. The first-order valence-corrected chi connectivity index (χ1v) is 8.29. The average molecular weight is 347 g/mol. The summed E-state index contributed by atoms with van der Waals surface area (Å²) in [6.07, 6.45) is 3.73. The van der Waals surface area contributed by atoms with E-state index in [-0.39, 0.29) is 18.7 Å². The zero-order valence-electron chi connectivity index (χ0n) is 14.0. The molecule has 0 bridgehead atoms. The van der Waals surface area contributed by atoms with Gasteiger partial charge in [-0.3, -0.25) is 0 Å². The van der Waals surface area contributed by atoms with Crippen LogP contribution in [0.2, 0.25) is 0 Å². The number of aromatic nitrogens is 3. The standard InChI is InChI=1S/C16H21N5O4/c1-2-23-13-6-5-11(8-17-13)15-20-14(25-21-15)10-19-16(22)18-9-12-4-3-7-24-12/h5-6,8,12H,2-4,7,9-10H2,1H3,(H2,18,19,22)/t12-/m1/s1. The minimum atomic E-state index is -0.294. The number of amides is 2. The molecule has 9 heteroatoms. The Hall–Kier alpha value is -2.68. The third kappa shape index (κ3) is 4.90. The molecule has 1 fully saturated rings. The lowest BCUT2D eigenvalue weighted by Crippen LogP contribution is -2.39. The number of hydrogen-bond donors (Lipinski definition) is 2. The third-order valence-electron chi connectivity index (χ3n) is 3.67. The lowest BCUT2D eigenvalue weighted by Gasteiger charge is -2.10. The smallest absolute Gasteiger partial charge is 0.315 e. The molecular formula is C16H21N5O4. The molecule has 0 aliphatic carbocycles. The Balaban J connectivity index is 1.46. The van der Waals surface area contributed by atoms with E-state index in [1.807, 2.05) is 6.92 Å². The number of nitrogens with one attached hydrogen (secondary N) is 2. The molecule has 0 spiro atoms. The highest BCUT2D eigenvalue weighted by Gasteiger charge is 2.16. The maximum atomic E-state index is 11.8. The van der Waals surface area contributed by atoms with Gasteiger partial charge in [0, 0.05) is 31.0 Å². The van der Waals surface area contributed by atoms with Crippen LogP contribution in [-0.2, 0) is 11.3 Å². The number of rotatable bonds is 7. The van der Waals surface area contributed by atoms with Crippen molar-refractivity contribution in [1.82, 2.24) is 25.8 Å². The molecule has 134 valence electrons. The van der Waals surface area contributed by atoms with Gasteiger partial charge in [-0.05, 0) is 25.8 Å². The Morgan fingerprint density at radius 2 is 2.32 bits per heavy atom. The fraction of sp³-hybridized carbons (Fsp3) is 0.500. The van der Waals surface area contributed by atoms with Gasteiger partial charge < -0.3 is 24.6 Å². The van der Waals surface area contributed by atoms with E-state index in [1.165, 1.54) is 0 Å². The molecule has 1 aliphatic heterocycles.